The monoisotopic (exact) mass is 155 g/mol. The number of rotatable bonds is 1. The van der Waals surface area contributed by atoms with Gasteiger partial charge in [-0.15, -0.1) is 0 Å². The predicted molar refractivity (Wildman–Crippen MR) is 27.0 cm³/mol. The highest BCUT2D eigenvalue weighted by Gasteiger charge is 2.29. The minimum atomic E-state index is -4.50. The molecule has 0 aromatic rings. The van der Waals surface area contributed by atoms with Gasteiger partial charge in [-0.25, -0.2) is 4.79 Å². The average Bonchev–Trinajstić information content (AvgIpc) is 1.81. The molecule has 58 valence electrons. The predicted octanol–water partition coefficient (Wildman–Crippen LogP) is 1.39. The number of halogens is 3. The molecule has 0 atom stereocenters. The molecule has 0 aromatic carbocycles. The van der Waals surface area contributed by atoms with Gasteiger partial charge in [0, 0.05) is 0 Å². The lowest BCUT2D eigenvalue weighted by Gasteiger charge is -2.03. The molecule has 0 aliphatic carbocycles. The number of ether oxygens (including phenoxy) is 1. The summed E-state index contributed by atoms with van der Waals surface area (Å²) in [7, 11) is 0. The fourth-order valence-electron chi connectivity index (χ4n) is 0.189. The van der Waals surface area contributed by atoms with E-state index in [1.54, 1.807) is 0 Å². The molecule has 0 fully saturated rings. The van der Waals surface area contributed by atoms with E-state index in [4.69, 9.17) is 0 Å². The maximum absolute atomic E-state index is 11.2. The third kappa shape index (κ3) is 5.07. The molecule has 0 heterocycles. The molecule has 0 spiro atoms. The van der Waals surface area contributed by atoms with Crippen molar-refractivity contribution in [1.82, 2.24) is 0 Å². The third-order valence-electron chi connectivity index (χ3n) is 0.488. The van der Waals surface area contributed by atoms with Crippen molar-refractivity contribution >= 4 is 12.8 Å². The summed E-state index contributed by atoms with van der Waals surface area (Å²) in [4.78, 5) is 12.5. The Morgan fingerprint density at radius 3 is 2.40 bits per heavy atom. The second-order valence-corrected chi connectivity index (χ2v) is 1.33. The number of aliphatic imine (C=N–C) groups is 1. The Bertz CT molecular complexity index is 142. The fraction of sp³-hybridized carbons (Fsp3) is 0.500. The van der Waals surface area contributed by atoms with Crippen LogP contribution in [0.25, 0.3) is 0 Å². The summed E-state index contributed by atoms with van der Waals surface area (Å²) in [5, 5.41) is 0. The van der Waals surface area contributed by atoms with Crippen molar-refractivity contribution in [3.8, 4) is 0 Å². The lowest BCUT2D eigenvalue weighted by atomic mass is 10.7. The van der Waals surface area contributed by atoms with Crippen molar-refractivity contribution in [2.45, 2.75) is 6.18 Å². The van der Waals surface area contributed by atoms with Crippen molar-refractivity contribution in [1.29, 1.82) is 0 Å². The van der Waals surface area contributed by atoms with Gasteiger partial charge >= 0.3 is 12.3 Å². The van der Waals surface area contributed by atoms with Gasteiger partial charge < -0.3 is 4.74 Å². The normalized spacial score (nSPS) is 10.7. The second-order valence-electron chi connectivity index (χ2n) is 1.33. The summed E-state index contributed by atoms with van der Waals surface area (Å²) >= 11 is 0. The molecule has 0 radical (unpaired) electrons. The molecule has 3 nitrogen and oxygen atoms in total. The zero-order valence-electron chi connectivity index (χ0n) is 4.81. The van der Waals surface area contributed by atoms with Crippen LogP contribution in [0.1, 0.15) is 0 Å². The van der Waals surface area contributed by atoms with Gasteiger partial charge in [0.15, 0.2) is 6.61 Å². The van der Waals surface area contributed by atoms with E-state index in [0.29, 0.717) is 0 Å². The Kier molecular flexibility index (Phi) is 2.85. The SMILES string of the molecule is C=NC(=O)OCC(F)(F)F. The Morgan fingerprint density at radius 2 is 2.10 bits per heavy atom. The van der Waals surface area contributed by atoms with Gasteiger partial charge in [0.1, 0.15) is 0 Å². The Hall–Kier alpha value is -1.07. The maximum atomic E-state index is 11.2. The van der Waals surface area contributed by atoms with Gasteiger partial charge in [0.2, 0.25) is 0 Å². The molecule has 1 amide bonds. The van der Waals surface area contributed by atoms with Gasteiger partial charge in [-0.3, -0.25) is 0 Å². The van der Waals surface area contributed by atoms with E-state index in [1.165, 1.54) is 0 Å². The molecule has 0 aliphatic heterocycles. The van der Waals surface area contributed by atoms with Crippen LogP contribution in [-0.4, -0.2) is 25.6 Å². The average molecular weight is 155 g/mol. The first-order valence-electron chi connectivity index (χ1n) is 2.16. The molecule has 0 N–H and O–H groups in total. The molecule has 0 unspecified atom stereocenters. The van der Waals surface area contributed by atoms with Crippen LogP contribution >= 0.6 is 0 Å². The quantitative estimate of drug-likeness (QED) is 0.536. The number of carbonyl (C=O) groups excluding carboxylic acids is 1. The van der Waals surface area contributed by atoms with E-state index in [2.05, 4.69) is 16.4 Å². The minimum Gasteiger partial charge on any atom is -0.438 e. The highest BCUT2D eigenvalue weighted by molar-refractivity contribution is 5.72. The molecular formula is C4H4F3NO2. The second kappa shape index (κ2) is 3.19. The van der Waals surface area contributed by atoms with E-state index >= 15 is 0 Å². The molecule has 10 heavy (non-hydrogen) atoms. The number of carbonyl (C=O) groups is 1. The van der Waals surface area contributed by atoms with Crippen LogP contribution < -0.4 is 0 Å². The zero-order valence-corrected chi connectivity index (χ0v) is 4.81. The summed E-state index contributed by atoms with van der Waals surface area (Å²) in [6.07, 6.45) is -5.82. The van der Waals surface area contributed by atoms with Crippen LogP contribution in [0.3, 0.4) is 0 Å². The van der Waals surface area contributed by atoms with Crippen molar-refractivity contribution in [3.63, 3.8) is 0 Å². The van der Waals surface area contributed by atoms with Crippen LogP contribution in [0.5, 0.6) is 0 Å². The molecule has 0 saturated heterocycles. The molecule has 0 aliphatic rings. The Morgan fingerprint density at radius 1 is 1.60 bits per heavy atom. The molecule has 0 aromatic heterocycles. The van der Waals surface area contributed by atoms with Gasteiger partial charge in [-0.1, -0.05) is 0 Å². The van der Waals surface area contributed by atoms with E-state index in [0.717, 1.165) is 0 Å². The highest BCUT2D eigenvalue weighted by atomic mass is 19.4. The van der Waals surface area contributed by atoms with Gasteiger partial charge in [-0.05, 0) is 6.72 Å². The lowest BCUT2D eigenvalue weighted by molar-refractivity contribution is -0.159. The first-order chi connectivity index (χ1) is 4.45. The van der Waals surface area contributed by atoms with Crippen molar-refractivity contribution in [2.24, 2.45) is 4.99 Å². The third-order valence-corrected chi connectivity index (χ3v) is 0.488. The topological polar surface area (TPSA) is 38.7 Å². The lowest BCUT2D eigenvalue weighted by Crippen LogP contribution is -2.18. The summed E-state index contributed by atoms with van der Waals surface area (Å²) in [6.45, 7) is 1.05. The summed E-state index contributed by atoms with van der Waals surface area (Å²) < 4.78 is 37.2. The Labute approximate surface area is 54.5 Å². The maximum Gasteiger partial charge on any atom is 0.433 e. The van der Waals surface area contributed by atoms with E-state index in [-0.39, 0.29) is 0 Å². The number of amides is 1. The highest BCUT2D eigenvalue weighted by Crippen LogP contribution is 2.14. The number of hydrogen-bond acceptors (Lipinski definition) is 2. The molecular weight excluding hydrogens is 151 g/mol. The molecule has 0 rings (SSSR count). The van der Waals surface area contributed by atoms with Crippen molar-refractivity contribution < 1.29 is 22.7 Å². The summed E-state index contributed by atoms with van der Waals surface area (Å²) in [5.41, 5.74) is 0. The van der Waals surface area contributed by atoms with Crippen molar-refractivity contribution in [2.75, 3.05) is 6.61 Å². The Balaban J connectivity index is 3.55. The number of hydrogen-bond donors (Lipinski definition) is 0. The van der Waals surface area contributed by atoms with E-state index < -0.39 is 18.9 Å². The van der Waals surface area contributed by atoms with Crippen LogP contribution in [0.4, 0.5) is 18.0 Å². The first kappa shape index (κ1) is 8.93. The van der Waals surface area contributed by atoms with Crippen LogP contribution in [0.2, 0.25) is 0 Å². The van der Waals surface area contributed by atoms with Crippen LogP contribution in [0, 0.1) is 0 Å². The molecule has 0 saturated carbocycles. The zero-order chi connectivity index (χ0) is 8.20. The summed E-state index contributed by atoms with van der Waals surface area (Å²) in [5.74, 6) is 0. The largest absolute Gasteiger partial charge is 0.438 e. The fourth-order valence-corrected chi connectivity index (χ4v) is 0.189. The minimum absolute atomic E-state index is 1.32. The molecule has 6 heteroatoms. The van der Waals surface area contributed by atoms with Crippen LogP contribution in [-0.2, 0) is 4.74 Å². The van der Waals surface area contributed by atoms with E-state index in [1.807, 2.05) is 0 Å². The number of nitrogens with zero attached hydrogens (tertiary/aromatic N) is 1. The summed E-state index contributed by atoms with van der Waals surface area (Å²) in [6, 6.07) is 0. The number of alkyl halides is 3. The van der Waals surface area contributed by atoms with E-state index in [9.17, 15) is 18.0 Å². The molecule has 0 bridgehead atoms. The first-order valence-corrected chi connectivity index (χ1v) is 2.16. The van der Waals surface area contributed by atoms with Crippen LogP contribution in [0.15, 0.2) is 4.99 Å². The van der Waals surface area contributed by atoms with Gasteiger partial charge in [0.25, 0.3) is 0 Å². The van der Waals surface area contributed by atoms with Gasteiger partial charge in [-0.2, -0.15) is 18.2 Å². The standard InChI is InChI=1S/C4H4F3NO2/c1-8-3(9)10-2-4(5,6)7/h1-2H2. The van der Waals surface area contributed by atoms with Gasteiger partial charge in [0.05, 0.1) is 0 Å². The van der Waals surface area contributed by atoms with Crippen molar-refractivity contribution in [3.05, 3.63) is 0 Å². The smallest absolute Gasteiger partial charge is 0.433 e.